The Labute approximate surface area is 115 Å². The second kappa shape index (κ2) is 4.48. The number of hydrogen-bond acceptors (Lipinski definition) is 2. The minimum atomic E-state index is -0.433. The van der Waals surface area contributed by atoms with Gasteiger partial charge in [0.25, 0.3) is 0 Å². The summed E-state index contributed by atoms with van der Waals surface area (Å²) >= 11 is 2.27. The third-order valence-electron chi connectivity index (χ3n) is 2.48. The van der Waals surface area contributed by atoms with Gasteiger partial charge in [-0.2, -0.15) is 0 Å². The normalized spacial score (nSPS) is 23.4. The molecule has 17 heavy (non-hydrogen) atoms. The van der Waals surface area contributed by atoms with Crippen LogP contribution in [0.4, 0.5) is 4.79 Å². The van der Waals surface area contributed by atoms with Crippen LogP contribution in [0.1, 0.15) is 32.4 Å². The number of amides is 1. The van der Waals surface area contributed by atoms with Crippen molar-refractivity contribution in [2.24, 2.45) is 0 Å². The Morgan fingerprint density at radius 2 is 1.88 bits per heavy atom. The van der Waals surface area contributed by atoms with E-state index in [0.717, 1.165) is 5.56 Å². The lowest BCUT2D eigenvalue weighted by molar-refractivity contribution is 0.0404. The number of carbonyl (C=O) groups excluding carboxylic acids is 1. The second-order valence-corrected chi connectivity index (χ2v) is 6.39. The van der Waals surface area contributed by atoms with Crippen LogP contribution in [0.3, 0.4) is 0 Å². The molecule has 1 amide bonds. The number of rotatable bonds is 1. The Kier molecular flexibility index (Phi) is 3.34. The largest absolute Gasteiger partial charge is 0.444 e. The van der Waals surface area contributed by atoms with Crippen molar-refractivity contribution in [3.8, 4) is 0 Å². The highest BCUT2D eigenvalue weighted by atomic mass is 127. The lowest BCUT2D eigenvalue weighted by atomic mass is 10.2. The average molecular weight is 345 g/mol. The predicted octanol–water partition coefficient (Wildman–Crippen LogP) is 3.74. The highest BCUT2D eigenvalue weighted by molar-refractivity contribution is 14.1. The van der Waals surface area contributed by atoms with Crippen molar-refractivity contribution >= 4 is 28.7 Å². The van der Waals surface area contributed by atoms with Crippen LogP contribution < -0.4 is 0 Å². The molecule has 0 aromatic heterocycles. The number of carbonyl (C=O) groups is 1. The van der Waals surface area contributed by atoms with Gasteiger partial charge in [0.2, 0.25) is 0 Å². The molecule has 2 atom stereocenters. The Morgan fingerprint density at radius 3 is 2.41 bits per heavy atom. The summed E-state index contributed by atoms with van der Waals surface area (Å²) in [7, 11) is 0. The van der Waals surface area contributed by atoms with Gasteiger partial charge in [0.1, 0.15) is 9.65 Å². The summed E-state index contributed by atoms with van der Waals surface area (Å²) in [6.45, 7) is 5.65. The van der Waals surface area contributed by atoms with Crippen LogP contribution in [0.15, 0.2) is 30.3 Å². The smallest absolute Gasteiger partial charge is 0.411 e. The van der Waals surface area contributed by atoms with E-state index in [1.165, 1.54) is 0 Å². The van der Waals surface area contributed by atoms with Crippen molar-refractivity contribution in [3.63, 3.8) is 0 Å². The summed E-state index contributed by atoms with van der Waals surface area (Å²) in [5, 5.41) is 0. The first-order valence-corrected chi connectivity index (χ1v) is 6.85. The van der Waals surface area contributed by atoms with E-state index in [4.69, 9.17) is 4.74 Å². The SMILES string of the molecule is CC(C)(C)OC(=O)N1[C@H](c2ccccc2)[C@@H]1I. The number of nitrogens with zero attached hydrogens (tertiary/aromatic N) is 1. The van der Waals surface area contributed by atoms with Crippen LogP contribution in [0, 0.1) is 0 Å². The number of ether oxygens (including phenoxy) is 1. The molecular formula is C13H16INO2. The molecule has 1 heterocycles. The van der Waals surface area contributed by atoms with Crippen molar-refractivity contribution in [1.29, 1.82) is 0 Å². The van der Waals surface area contributed by atoms with Gasteiger partial charge in [0.15, 0.2) is 0 Å². The fraction of sp³-hybridized carbons (Fsp3) is 0.462. The van der Waals surface area contributed by atoms with E-state index in [2.05, 4.69) is 22.6 Å². The van der Waals surface area contributed by atoms with E-state index >= 15 is 0 Å². The highest BCUT2D eigenvalue weighted by Gasteiger charge is 2.51. The van der Waals surface area contributed by atoms with Gasteiger partial charge in [-0.25, -0.2) is 4.79 Å². The molecule has 4 heteroatoms. The molecular weight excluding hydrogens is 329 g/mol. The van der Waals surface area contributed by atoms with Crippen molar-refractivity contribution in [2.45, 2.75) is 36.5 Å². The number of alkyl halides is 1. The highest BCUT2D eigenvalue weighted by Crippen LogP contribution is 2.47. The molecule has 0 saturated carbocycles. The maximum Gasteiger partial charge on any atom is 0.411 e. The zero-order valence-corrected chi connectivity index (χ0v) is 12.3. The van der Waals surface area contributed by atoms with Gasteiger partial charge in [-0.05, 0) is 26.3 Å². The summed E-state index contributed by atoms with van der Waals surface area (Å²) in [6, 6.07) is 10.2. The van der Waals surface area contributed by atoms with E-state index in [1.807, 2.05) is 51.1 Å². The fourth-order valence-corrected chi connectivity index (χ4v) is 2.85. The minimum absolute atomic E-state index is 0.159. The van der Waals surface area contributed by atoms with Gasteiger partial charge in [0.05, 0.1) is 6.04 Å². The van der Waals surface area contributed by atoms with Gasteiger partial charge < -0.3 is 4.74 Å². The molecule has 1 fully saturated rings. The molecule has 1 aliphatic rings. The van der Waals surface area contributed by atoms with Crippen LogP contribution in [-0.4, -0.2) is 20.6 Å². The molecule has 0 N–H and O–H groups in total. The molecule has 3 nitrogen and oxygen atoms in total. The summed E-state index contributed by atoms with van der Waals surface area (Å²) in [6.07, 6.45) is -0.231. The van der Waals surface area contributed by atoms with Gasteiger partial charge in [-0.3, -0.25) is 4.90 Å². The zero-order valence-electron chi connectivity index (χ0n) is 10.2. The molecule has 0 spiro atoms. The van der Waals surface area contributed by atoms with Crippen molar-refractivity contribution in [2.75, 3.05) is 0 Å². The lowest BCUT2D eigenvalue weighted by Gasteiger charge is -2.20. The standard InChI is InChI=1S/C13H16INO2/c1-13(2,3)17-12(16)15-10(11(15)14)9-7-5-4-6-8-9/h4-8,10-11H,1-3H3/t10-,11-,15?/m1/s1. The first-order chi connectivity index (χ1) is 7.90. The predicted molar refractivity (Wildman–Crippen MR) is 75.1 cm³/mol. The zero-order chi connectivity index (χ0) is 12.6. The maximum absolute atomic E-state index is 11.9. The van der Waals surface area contributed by atoms with Crippen molar-refractivity contribution < 1.29 is 9.53 Å². The molecule has 0 radical (unpaired) electrons. The number of hydrogen-bond donors (Lipinski definition) is 0. The Hall–Kier alpha value is -0.780. The molecule has 0 unspecified atom stereocenters. The quantitative estimate of drug-likeness (QED) is 0.336. The fourth-order valence-electron chi connectivity index (χ4n) is 1.70. The number of halogens is 1. The summed E-state index contributed by atoms with van der Waals surface area (Å²) in [4.78, 5) is 13.7. The lowest BCUT2D eigenvalue weighted by Crippen LogP contribution is -2.27. The van der Waals surface area contributed by atoms with Crippen LogP contribution in [0.5, 0.6) is 0 Å². The van der Waals surface area contributed by atoms with Crippen molar-refractivity contribution in [3.05, 3.63) is 35.9 Å². The molecule has 0 aliphatic carbocycles. The Bertz CT molecular complexity index is 413. The van der Waals surface area contributed by atoms with Gasteiger partial charge in [-0.1, -0.05) is 52.9 Å². The molecule has 92 valence electrons. The molecule has 2 rings (SSSR count). The number of benzene rings is 1. The Balaban J connectivity index is 2.04. The van der Waals surface area contributed by atoms with Crippen LogP contribution in [0.2, 0.25) is 0 Å². The summed E-state index contributed by atoms with van der Waals surface area (Å²) < 4.78 is 5.56. The van der Waals surface area contributed by atoms with Gasteiger partial charge >= 0.3 is 6.09 Å². The topological polar surface area (TPSA) is 29.3 Å². The second-order valence-electron chi connectivity index (χ2n) is 5.12. The Morgan fingerprint density at radius 1 is 1.29 bits per heavy atom. The minimum Gasteiger partial charge on any atom is -0.444 e. The van der Waals surface area contributed by atoms with E-state index in [9.17, 15) is 4.79 Å². The molecule has 1 aromatic carbocycles. The summed E-state index contributed by atoms with van der Waals surface area (Å²) in [5.41, 5.74) is 0.731. The van der Waals surface area contributed by atoms with Crippen LogP contribution in [-0.2, 0) is 4.74 Å². The van der Waals surface area contributed by atoms with Gasteiger partial charge in [0, 0.05) is 0 Å². The molecule has 1 aromatic rings. The molecule has 1 aliphatic heterocycles. The average Bonchev–Trinajstić information content (AvgIpc) is 2.89. The van der Waals surface area contributed by atoms with E-state index in [0.29, 0.717) is 0 Å². The summed E-state index contributed by atoms with van der Waals surface area (Å²) in [5.74, 6) is 0. The van der Waals surface area contributed by atoms with Crippen molar-refractivity contribution in [1.82, 2.24) is 4.90 Å². The van der Waals surface area contributed by atoms with E-state index in [1.54, 1.807) is 4.90 Å². The van der Waals surface area contributed by atoms with Crippen LogP contribution in [0.25, 0.3) is 0 Å². The first kappa shape index (κ1) is 12.7. The van der Waals surface area contributed by atoms with Gasteiger partial charge in [-0.15, -0.1) is 0 Å². The van der Waals surface area contributed by atoms with E-state index < -0.39 is 5.60 Å². The monoisotopic (exact) mass is 345 g/mol. The molecule has 1 saturated heterocycles. The first-order valence-electron chi connectivity index (χ1n) is 5.60. The van der Waals surface area contributed by atoms with E-state index in [-0.39, 0.29) is 16.2 Å². The third-order valence-corrected chi connectivity index (χ3v) is 3.76. The molecule has 0 bridgehead atoms. The van der Waals surface area contributed by atoms with Crippen LogP contribution >= 0.6 is 22.6 Å². The maximum atomic E-state index is 11.9. The third kappa shape index (κ3) is 2.91.